The molecule has 0 aliphatic carbocycles. The van der Waals surface area contributed by atoms with Crippen LogP contribution in [0, 0.1) is 6.92 Å². The van der Waals surface area contributed by atoms with Gasteiger partial charge < -0.3 is 20.7 Å². The van der Waals surface area contributed by atoms with Crippen LogP contribution >= 0.6 is 0 Å². The number of hydrogen-bond donors (Lipinski definition) is 3. The summed E-state index contributed by atoms with van der Waals surface area (Å²) in [6.07, 6.45) is 0.317. The summed E-state index contributed by atoms with van der Waals surface area (Å²) >= 11 is 0. The maximum atomic E-state index is 13.3. The third-order valence-corrected chi connectivity index (χ3v) is 8.49. The molecule has 4 rings (SSSR count). The van der Waals surface area contributed by atoms with Crippen molar-refractivity contribution in [2.45, 2.75) is 69.6 Å². The Labute approximate surface area is 219 Å². The molecule has 2 aromatic carbocycles. The van der Waals surface area contributed by atoms with E-state index >= 15 is 0 Å². The van der Waals surface area contributed by atoms with Crippen LogP contribution in [0.1, 0.15) is 56.3 Å². The molecule has 0 bridgehead atoms. The second kappa shape index (κ2) is 10.8. The molecule has 10 heteroatoms. The number of aryl methyl sites for hydroxylation is 1. The van der Waals surface area contributed by atoms with Gasteiger partial charge in [0.1, 0.15) is 11.8 Å². The fourth-order valence-corrected chi connectivity index (χ4v) is 6.10. The Morgan fingerprint density at radius 3 is 2.59 bits per heavy atom. The quantitative estimate of drug-likeness (QED) is 0.508. The smallest absolute Gasteiger partial charge is 0.243 e. The Hall–Kier alpha value is -2.95. The molecule has 2 atom stereocenters. The van der Waals surface area contributed by atoms with E-state index in [9.17, 15) is 18.0 Å². The summed E-state index contributed by atoms with van der Waals surface area (Å²) in [5.74, 6) is -0.133. The number of fused-ring (bicyclic) bond motifs is 1. The van der Waals surface area contributed by atoms with Crippen molar-refractivity contribution in [2.75, 3.05) is 19.7 Å². The summed E-state index contributed by atoms with van der Waals surface area (Å²) in [5.41, 5.74) is 2.87. The molecule has 2 heterocycles. The van der Waals surface area contributed by atoms with Gasteiger partial charge in [0.2, 0.25) is 21.8 Å². The van der Waals surface area contributed by atoms with Crippen LogP contribution in [0.4, 0.5) is 0 Å². The average Bonchev–Trinajstić information content (AvgIpc) is 2.84. The highest BCUT2D eigenvalue weighted by Crippen LogP contribution is 2.33. The monoisotopic (exact) mass is 528 g/mol. The number of carbonyl (C=O) groups excluding carboxylic acids is 2. The largest absolute Gasteiger partial charge is 0.493 e. The van der Waals surface area contributed by atoms with Crippen molar-refractivity contribution in [2.24, 2.45) is 0 Å². The van der Waals surface area contributed by atoms with Gasteiger partial charge in [0.05, 0.1) is 24.0 Å². The zero-order valence-corrected chi connectivity index (χ0v) is 22.7. The lowest BCUT2D eigenvalue weighted by atomic mass is 9.98. The van der Waals surface area contributed by atoms with E-state index < -0.39 is 22.0 Å². The first-order valence-electron chi connectivity index (χ1n) is 12.6. The molecule has 1 saturated heterocycles. The minimum Gasteiger partial charge on any atom is -0.493 e. The van der Waals surface area contributed by atoms with Gasteiger partial charge in [-0.2, -0.15) is 4.31 Å². The lowest BCUT2D eigenvalue weighted by Crippen LogP contribution is -2.58. The molecule has 0 saturated carbocycles. The Balaban J connectivity index is 1.47. The third-order valence-electron chi connectivity index (χ3n) is 6.56. The molecule has 2 aromatic rings. The van der Waals surface area contributed by atoms with E-state index in [1.165, 1.54) is 12.1 Å². The first kappa shape index (κ1) is 27.1. The molecule has 0 aromatic heterocycles. The first-order valence-corrected chi connectivity index (χ1v) is 14.0. The number of rotatable bonds is 7. The number of ether oxygens (including phenoxy) is 1. The van der Waals surface area contributed by atoms with Crippen LogP contribution < -0.4 is 20.7 Å². The highest BCUT2D eigenvalue weighted by molar-refractivity contribution is 7.89. The van der Waals surface area contributed by atoms with Gasteiger partial charge in [0.25, 0.3) is 0 Å². The number of hydrogen-bond acceptors (Lipinski definition) is 6. The molecule has 200 valence electrons. The molecule has 0 unspecified atom stereocenters. The summed E-state index contributed by atoms with van der Waals surface area (Å²) in [4.78, 5) is 25.9. The Kier molecular flexibility index (Phi) is 7.91. The third kappa shape index (κ3) is 6.49. The van der Waals surface area contributed by atoms with Crippen LogP contribution in [0.2, 0.25) is 0 Å². The normalized spacial score (nSPS) is 20.5. The van der Waals surface area contributed by atoms with E-state index in [1.807, 2.05) is 25.1 Å². The van der Waals surface area contributed by atoms with Crippen molar-refractivity contribution in [3.63, 3.8) is 0 Å². The minimum absolute atomic E-state index is 0.0144. The van der Waals surface area contributed by atoms with E-state index in [0.29, 0.717) is 19.6 Å². The van der Waals surface area contributed by atoms with Gasteiger partial charge >= 0.3 is 0 Å². The van der Waals surface area contributed by atoms with E-state index in [2.05, 4.69) is 36.7 Å². The molecule has 37 heavy (non-hydrogen) atoms. The van der Waals surface area contributed by atoms with E-state index in [0.717, 1.165) is 26.7 Å². The molecular formula is C27H36N4O5S. The van der Waals surface area contributed by atoms with Gasteiger partial charge in [0, 0.05) is 37.2 Å². The number of carbonyl (C=O) groups is 2. The summed E-state index contributed by atoms with van der Waals surface area (Å²) in [5, 5.41) is 9.15. The van der Waals surface area contributed by atoms with Gasteiger partial charge in [0.15, 0.2) is 0 Å². The molecule has 2 aliphatic rings. The molecule has 0 spiro atoms. The van der Waals surface area contributed by atoms with Crippen LogP contribution in [-0.4, -0.2) is 55.8 Å². The lowest BCUT2D eigenvalue weighted by Gasteiger charge is -2.34. The van der Waals surface area contributed by atoms with Gasteiger partial charge in [-0.3, -0.25) is 9.59 Å². The van der Waals surface area contributed by atoms with Gasteiger partial charge in [-0.05, 0) is 51.5 Å². The standard InChI is InChI=1S/C27H36N4O5S/c1-18-5-8-20(9-6-18)37(34,35)31-13-12-28-26(33)23(31)16-25(32)30-22-11-14-36-24-15-19(7-10-21(22)24)17-29-27(2,3)4/h5-10,15,22-23,29H,11-14,16-17H2,1-4H3,(H,28,33)(H,30,32)/t22-,23-/m1/s1. The van der Waals surface area contributed by atoms with E-state index in [-0.39, 0.29) is 41.9 Å². The maximum absolute atomic E-state index is 13.3. The summed E-state index contributed by atoms with van der Waals surface area (Å²) < 4.78 is 33.7. The Morgan fingerprint density at radius 1 is 1.16 bits per heavy atom. The molecule has 9 nitrogen and oxygen atoms in total. The van der Waals surface area contributed by atoms with Gasteiger partial charge in [-0.25, -0.2) is 8.42 Å². The Bertz CT molecular complexity index is 1250. The second-order valence-corrected chi connectivity index (χ2v) is 12.6. The van der Waals surface area contributed by atoms with Crippen molar-refractivity contribution in [3.05, 3.63) is 59.2 Å². The first-order chi connectivity index (χ1) is 17.4. The zero-order chi connectivity index (χ0) is 26.8. The van der Waals surface area contributed by atoms with Crippen molar-refractivity contribution in [3.8, 4) is 5.75 Å². The minimum atomic E-state index is -3.94. The molecule has 2 aliphatic heterocycles. The highest BCUT2D eigenvalue weighted by Gasteiger charge is 2.40. The fraction of sp³-hybridized carbons (Fsp3) is 0.481. The van der Waals surface area contributed by atoms with Crippen LogP contribution in [0.25, 0.3) is 0 Å². The molecule has 3 N–H and O–H groups in total. The van der Waals surface area contributed by atoms with Crippen molar-refractivity contribution in [1.82, 2.24) is 20.3 Å². The summed E-state index contributed by atoms with van der Waals surface area (Å²) in [6.45, 7) is 9.63. The number of nitrogens with zero attached hydrogens (tertiary/aromatic N) is 1. The van der Waals surface area contributed by atoms with E-state index in [1.54, 1.807) is 12.1 Å². The Morgan fingerprint density at radius 2 is 1.89 bits per heavy atom. The molecule has 0 radical (unpaired) electrons. The summed E-state index contributed by atoms with van der Waals surface area (Å²) in [6, 6.07) is 11.0. The predicted octanol–water partition coefficient (Wildman–Crippen LogP) is 2.40. The van der Waals surface area contributed by atoms with E-state index in [4.69, 9.17) is 4.74 Å². The van der Waals surface area contributed by atoms with Crippen molar-refractivity contribution >= 4 is 21.8 Å². The van der Waals surface area contributed by atoms with Crippen LogP contribution in [0.3, 0.4) is 0 Å². The van der Waals surface area contributed by atoms with Gasteiger partial charge in [-0.15, -0.1) is 0 Å². The number of sulfonamides is 1. The van der Waals surface area contributed by atoms with Crippen molar-refractivity contribution < 1.29 is 22.7 Å². The van der Waals surface area contributed by atoms with Crippen LogP contribution in [0.5, 0.6) is 5.75 Å². The topological polar surface area (TPSA) is 117 Å². The zero-order valence-electron chi connectivity index (χ0n) is 21.8. The number of benzene rings is 2. The van der Waals surface area contributed by atoms with Crippen molar-refractivity contribution in [1.29, 1.82) is 0 Å². The highest BCUT2D eigenvalue weighted by atomic mass is 32.2. The average molecular weight is 529 g/mol. The van der Waals surface area contributed by atoms with Gasteiger partial charge in [-0.1, -0.05) is 29.8 Å². The molecule has 2 amide bonds. The maximum Gasteiger partial charge on any atom is 0.243 e. The van der Waals surface area contributed by atoms with Crippen LogP contribution in [-0.2, 0) is 26.2 Å². The lowest BCUT2D eigenvalue weighted by molar-refractivity contribution is -0.132. The predicted molar refractivity (Wildman–Crippen MR) is 141 cm³/mol. The SMILES string of the molecule is Cc1ccc(S(=O)(=O)N2CCNC(=O)[C@H]2CC(=O)N[C@@H]2CCOc3cc(CNC(C)(C)C)ccc32)cc1. The summed E-state index contributed by atoms with van der Waals surface area (Å²) in [7, 11) is -3.94. The van der Waals surface area contributed by atoms with Crippen LogP contribution in [0.15, 0.2) is 47.4 Å². The number of amides is 2. The number of piperazine rings is 1. The second-order valence-electron chi connectivity index (χ2n) is 10.7. The fourth-order valence-electron chi connectivity index (χ4n) is 4.51. The molecule has 1 fully saturated rings. The number of nitrogens with one attached hydrogen (secondary N) is 3. The molecular weight excluding hydrogens is 492 g/mol.